The normalized spacial score (nSPS) is 10.2. The minimum absolute atomic E-state index is 0.277. The van der Waals surface area contributed by atoms with E-state index in [1.807, 2.05) is 6.92 Å². The third-order valence-corrected chi connectivity index (χ3v) is 3.34. The summed E-state index contributed by atoms with van der Waals surface area (Å²) in [7, 11) is 1.31. The number of benzene rings is 1. The number of para-hydroxylation sites is 1. The molecule has 2 N–H and O–H groups in total. The summed E-state index contributed by atoms with van der Waals surface area (Å²) >= 11 is 1.50. The number of carbonyl (C=O) groups excluding carboxylic acids is 1. The van der Waals surface area contributed by atoms with Crippen LogP contribution in [0.1, 0.15) is 15.2 Å². The predicted octanol–water partition coefficient (Wildman–Crippen LogP) is 2.16. The van der Waals surface area contributed by atoms with Gasteiger partial charge in [-0.2, -0.15) is 5.90 Å². The second kappa shape index (κ2) is 5.16. The maximum atomic E-state index is 11.6. The predicted molar refractivity (Wildman–Crippen MR) is 68.4 cm³/mol. The van der Waals surface area contributed by atoms with Gasteiger partial charge in [-0.15, -0.1) is 11.3 Å². The van der Waals surface area contributed by atoms with E-state index in [4.69, 9.17) is 10.7 Å². The molecule has 0 aliphatic carbocycles. The maximum absolute atomic E-state index is 11.6. The van der Waals surface area contributed by atoms with Crippen molar-refractivity contribution < 1.29 is 14.4 Å². The molecule has 18 heavy (non-hydrogen) atoms. The van der Waals surface area contributed by atoms with Crippen molar-refractivity contribution in [3.05, 3.63) is 34.8 Å². The minimum Gasteiger partial charge on any atom is -0.465 e. The molecular formula is C12H12N2O3S. The van der Waals surface area contributed by atoms with E-state index in [-0.39, 0.29) is 11.3 Å². The van der Waals surface area contributed by atoms with Gasteiger partial charge in [-0.1, -0.05) is 6.07 Å². The van der Waals surface area contributed by atoms with Gasteiger partial charge in [0.1, 0.15) is 10.6 Å². The van der Waals surface area contributed by atoms with Gasteiger partial charge in [0.15, 0.2) is 5.75 Å². The van der Waals surface area contributed by atoms with Gasteiger partial charge in [0.2, 0.25) is 0 Å². The Labute approximate surface area is 108 Å². The van der Waals surface area contributed by atoms with Gasteiger partial charge in [0.25, 0.3) is 0 Å². The van der Waals surface area contributed by atoms with E-state index in [0.29, 0.717) is 5.56 Å². The zero-order valence-corrected chi connectivity index (χ0v) is 10.8. The molecule has 1 aromatic carbocycles. The fourth-order valence-corrected chi connectivity index (χ4v) is 2.37. The van der Waals surface area contributed by atoms with E-state index < -0.39 is 5.97 Å². The lowest BCUT2D eigenvalue weighted by atomic mass is 10.1. The highest BCUT2D eigenvalue weighted by molar-refractivity contribution is 7.15. The SMILES string of the molecule is COC(=O)c1cccc(-c2ncc(C)s2)c1ON. The minimum atomic E-state index is -0.495. The molecule has 0 aliphatic heterocycles. The van der Waals surface area contributed by atoms with Crippen molar-refractivity contribution in [2.45, 2.75) is 6.92 Å². The summed E-state index contributed by atoms with van der Waals surface area (Å²) in [6, 6.07) is 5.13. The van der Waals surface area contributed by atoms with Crippen LogP contribution in [-0.4, -0.2) is 18.1 Å². The van der Waals surface area contributed by atoms with Crippen LogP contribution < -0.4 is 10.7 Å². The number of hydrogen-bond donors (Lipinski definition) is 1. The van der Waals surface area contributed by atoms with Crippen molar-refractivity contribution >= 4 is 17.3 Å². The van der Waals surface area contributed by atoms with Gasteiger partial charge >= 0.3 is 5.97 Å². The number of ether oxygens (including phenoxy) is 1. The van der Waals surface area contributed by atoms with E-state index in [9.17, 15) is 4.79 Å². The molecule has 0 unspecified atom stereocenters. The van der Waals surface area contributed by atoms with Crippen LogP contribution in [0.2, 0.25) is 0 Å². The molecule has 6 heteroatoms. The molecular weight excluding hydrogens is 252 g/mol. The quantitative estimate of drug-likeness (QED) is 0.679. The van der Waals surface area contributed by atoms with Crippen molar-refractivity contribution in [2.75, 3.05) is 7.11 Å². The van der Waals surface area contributed by atoms with Crippen LogP contribution >= 0.6 is 11.3 Å². The number of thiazole rings is 1. The second-order valence-corrected chi connectivity index (χ2v) is 4.80. The molecule has 0 atom stereocenters. The first kappa shape index (κ1) is 12.5. The summed E-state index contributed by atoms with van der Waals surface area (Å²) in [5, 5.41) is 0.749. The molecule has 1 aromatic heterocycles. The zero-order chi connectivity index (χ0) is 13.1. The van der Waals surface area contributed by atoms with Gasteiger partial charge in [-0.05, 0) is 19.1 Å². The monoisotopic (exact) mass is 264 g/mol. The van der Waals surface area contributed by atoms with Crippen LogP contribution in [0.25, 0.3) is 10.6 Å². The number of aromatic nitrogens is 1. The molecule has 5 nitrogen and oxygen atoms in total. The highest BCUT2D eigenvalue weighted by Crippen LogP contribution is 2.35. The molecule has 0 bridgehead atoms. The lowest BCUT2D eigenvalue weighted by Gasteiger charge is -2.09. The van der Waals surface area contributed by atoms with Gasteiger partial charge in [-0.25, -0.2) is 9.78 Å². The first-order valence-electron chi connectivity index (χ1n) is 5.18. The van der Waals surface area contributed by atoms with Gasteiger partial charge in [0, 0.05) is 11.1 Å². The average Bonchev–Trinajstić information content (AvgIpc) is 2.83. The molecule has 0 amide bonds. The molecule has 0 saturated carbocycles. The van der Waals surface area contributed by atoms with Crippen LogP contribution in [0.15, 0.2) is 24.4 Å². The zero-order valence-electron chi connectivity index (χ0n) is 9.97. The number of methoxy groups -OCH3 is 1. The lowest BCUT2D eigenvalue weighted by molar-refractivity contribution is 0.0596. The molecule has 94 valence electrons. The van der Waals surface area contributed by atoms with Crippen molar-refractivity contribution in [1.29, 1.82) is 0 Å². The molecule has 0 radical (unpaired) electrons. The molecule has 1 heterocycles. The summed E-state index contributed by atoms with van der Waals surface area (Å²) in [5.74, 6) is 5.04. The third kappa shape index (κ3) is 2.20. The van der Waals surface area contributed by atoms with Crippen LogP contribution in [0.3, 0.4) is 0 Å². The lowest BCUT2D eigenvalue weighted by Crippen LogP contribution is -2.10. The fraction of sp³-hybridized carbons (Fsp3) is 0.167. The van der Waals surface area contributed by atoms with Crippen molar-refractivity contribution in [3.63, 3.8) is 0 Å². The van der Waals surface area contributed by atoms with E-state index >= 15 is 0 Å². The Bertz CT molecular complexity index is 580. The number of carbonyl (C=O) groups is 1. The third-order valence-electron chi connectivity index (χ3n) is 2.39. The standard InChI is InChI=1S/C12H12N2O3S/c1-7-6-14-11(18-7)8-4-3-5-9(10(8)17-13)12(15)16-2/h3-6H,13H2,1-2H3. The molecule has 0 fully saturated rings. The van der Waals surface area contributed by atoms with Crippen LogP contribution in [-0.2, 0) is 4.74 Å². The molecule has 0 aliphatic rings. The number of esters is 1. The summed E-state index contributed by atoms with van der Waals surface area (Å²) < 4.78 is 4.68. The molecule has 0 saturated heterocycles. The molecule has 0 spiro atoms. The molecule has 2 aromatic rings. The topological polar surface area (TPSA) is 74.4 Å². The summed E-state index contributed by atoms with van der Waals surface area (Å²) in [5.41, 5.74) is 0.962. The highest BCUT2D eigenvalue weighted by atomic mass is 32.1. The first-order chi connectivity index (χ1) is 8.67. The first-order valence-corrected chi connectivity index (χ1v) is 6.00. The Kier molecular flexibility index (Phi) is 3.59. The van der Waals surface area contributed by atoms with E-state index in [0.717, 1.165) is 9.88 Å². The second-order valence-electron chi connectivity index (χ2n) is 3.57. The van der Waals surface area contributed by atoms with Crippen LogP contribution in [0.4, 0.5) is 0 Å². The number of nitrogens with two attached hydrogens (primary N) is 1. The number of hydrogen-bond acceptors (Lipinski definition) is 6. The van der Waals surface area contributed by atoms with Gasteiger partial charge in [-0.3, -0.25) is 0 Å². The summed E-state index contributed by atoms with van der Waals surface area (Å²) in [4.78, 5) is 21.8. The Hall–Kier alpha value is -1.92. The van der Waals surface area contributed by atoms with E-state index in [2.05, 4.69) is 9.72 Å². The molecule has 2 rings (SSSR count). The van der Waals surface area contributed by atoms with Crippen LogP contribution in [0.5, 0.6) is 5.75 Å². The van der Waals surface area contributed by atoms with E-state index in [1.54, 1.807) is 24.4 Å². The van der Waals surface area contributed by atoms with Crippen molar-refractivity contribution in [2.24, 2.45) is 5.90 Å². The summed E-state index contributed by atoms with van der Waals surface area (Å²) in [6.07, 6.45) is 1.76. The Morgan fingerprint density at radius 2 is 2.22 bits per heavy atom. The number of rotatable bonds is 3. The van der Waals surface area contributed by atoms with Crippen LogP contribution in [0, 0.1) is 6.92 Å². The fourth-order valence-electron chi connectivity index (χ4n) is 1.58. The Balaban J connectivity index is 2.58. The summed E-state index contributed by atoms with van der Waals surface area (Å²) in [6.45, 7) is 1.95. The van der Waals surface area contributed by atoms with Gasteiger partial charge < -0.3 is 9.57 Å². The average molecular weight is 264 g/mol. The largest absolute Gasteiger partial charge is 0.465 e. The van der Waals surface area contributed by atoms with Crippen molar-refractivity contribution in [1.82, 2.24) is 4.98 Å². The maximum Gasteiger partial charge on any atom is 0.341 e. The Morgan fingerprint density at radius 3 is 2.78 bits per heavy atom. The Morgan fingerprint density at radius 1 is 1.44 bits per heavy atom. The smallest absolute Gasteiger partial charge is 0.341 e. The van der Waals surface area contributed by atoms with Crippen molar-refractivity contribution in [3.8, 4) is 16.3 Å². The highest BCUT2D eigenvalue weighted by Gasteiger charge is 2.19. The number of aryl methyl sites for hydroxylation is 1. The van der Waals surface area contributed by atoms with Gasteiger partial charge in [0.05, 0.1) is 12.7 Å². The number of nitrogens with zero attached hydrogens (tertiary/aromatic N) is 1. The van der Waals surface area contributed by atoms with E-state index in [1.165, 1.54) is 18.4 Å².